The summed E-state index contributed by atoms with van der Waals surface area (Å²) >= 11 is 0. The minimum absolute atomic E-state index is 0.0221. The van der Waals surface area contributed by atoms with Crippen LogP contribution in [0.15, 0.2) is 35.5 Å². The maximum atomic E-state index is 12.6. The molecule has 0 bridgehead atoms. The third-order valence-electron chi connectivity index (χ3n) is 4.12. The van der Waals surface area contributed by atoms with E-state index in [1.54, 1.807) is 0 Å². The quantitative estimate of drug-likeness (QED) is 0.865. The number of amides is 1. The fourth-order valence-electron chi connectivity index (χ4n) is 3.09. The minimum Gasteiger partial charge on any atom is -0.329 e. The first kappa shape index (κ1) is 14.8. The van der Waals surface area contributed by atoms with E-state index in [2.05, 4.69) is 5.32 Å². The first-order valence-corrected chi connectivity index (χ1v) is 7.09. The number of hydrogen-bond donors (Lipinski definition) is 1. The van der Waals surface area contributed by atoms with E-state index in [9.17, 15) is 22.8 Å². The van der Waals surface area contributed by atoms with Crippen LogP contribution in [0.2, 0.25) is 0 Å². The molecular weight excluding hydrogens is 295 g/mol. The van der Waals surface area contributed by atoms with Crippen molar-refractivity contribution in [3.8, 4) is 0 Å². The van der Waals surface area contributed by atoms with E-state index < -0.39 is 17.7 Å². The fourth-order valence-corrected chi connectivity index (χ4v) is 3.09. The first-order chi connectivity index (χ1) is 10.4. The van der Waals surface area contributed by atoms with Gasteiger partial charge in [-0.3, -0.25) is 9.59 Å². The number of hydrogen-bond acceptors (Lipinski definition) is 2. The Kier molecular flexibility index (Phi) is 3.54. The predicted octanol–water partition coefficient (Wildman–Crippen LogP) is 3.32. The number of rotatable bonds is 1. The number of benzene rings is 1. The number of Topliss-reactive ketones (excluding diaryl/α,β-unsaturated/α-hetero) is 1. The molecular formula is C16H14F3NO2. The molecule has 1 aromatic rings. The molecule has 0 saturated carbocycles. The Hall–Kier alpha value is -2.11. The lowest BCUT2D eigenvalue weighted by atomic mass is 9.78. The predicted molar refractivity (Wildman–Crippen MR) is 72.8 cm³/mol. The third kappa shape index (κ3) is 2.65. The van der Waals surface area contributed by atoms with E-state index >= 15 is 0 Å². The van der Waals surface area contributed by atoms with Crippen molar-refractivity contribution in [2.24, 2.45) is 0 Å². The summed E-state index contributed by atoms with van der Waals surface area (Å²) in [4.78, 5) is 24.0. The molecule has 116 valence electrons. The van der Waals surface area contributed by atoms with Crippen LogP contribution >= 0.6 is 0 Å². The Bertz CT molecular complexity index is 659. The molecule has 1 aliphatic carbocycles. The van der Waals surface area contributed by atoms with Crippen LogP contribution in [0.4, 0.5) is 13.2 Å². The number of carbonyl (C=O) groups is 2. The lowest BCUT2D eigenvalue weighted by molar-refractivity contribution is -0.137. The topological polar surface area (TPSA) is 46.2 Å². The van der Waals surface area contributed by atoms with Crippen molar-refractivity contribution < 1.29 is 22.8 Å². The van der Waals surface area contributed by atoms with Crippen LogP contribution in [-0.2, 0) is 15.8 Å². The smallest absolute Gasteiger partial charge is 0.329 e. The largest absolute Gasteiger partial charge is 0.416 e. The average molecular weight is 309 g/mol. The van der Waals surface area contributed by atoms with Crippen molar-refractivity contribution in [1.29, 1.82) is 0 Å². The molecule has 1 amide bonds. The number of ketones is 1. The molecule has 1 heterocycles. The van der Waals surface area contributed by atoms with Crippen molar-refractivity contribution in [1.82, 2.24) is 5.32 Å². The molecule has 0 fully saturated rings. The molecule has 22 heavy (non-hydrogen) atoms. The van der Waals surface area contributed by atoms with E-state index in [1.165, 1.54) is 12.1 Å². The molecule has 1 unspecified atom stereocenters. The highest BCUT2D eigenvalue weighted by atomic mass is 19.4. The zero-order chi connectivity index (χ0) is 15.9. The molecule has 0 spiro atoms. The average Bonchev–Trinajstić information content (AvgIpc) is 2.45. The second kappa shape index (κ2) is 5.26. The molecule has 2 aliphatic rings. The van der Waals surface area contributed by atoms with Gasteiger partial charge in [0.25, 0.3) is 0 Å². The van der Waals surface area contributed by atoms with E-state index in [4.69, 9.17) is 0 Å². The van der Waals surface area contributed by atoms with Crippen LogP contribution in [0, 0.1) is 0 Å². The van der Waals surface area contributed by atoms with Crippen LogP contribution < -0.4 is 5.32 Å². The molecule has 3 nitrogen and oxygen atoms in total. The summed E-state index contributed by atoms with van der Waals surface area (Å²) in [5, 5.41) is 2.72. The van der Waals surface area contributed by atoms with E-state index in [0.717, 1.165) is 12.1 Å². The van der Waals surface area contributed by atoms with Gasteiger partial charge in [0.1, 0.15) is 0 Å². The Morgan fingerprint density at radius 2 is 1.73 bits per heavy atom. The second-order valence-corrected chi connectivity index (χ2v) is 5.59. The van der Waals surface area contributed by atoms with Gasteiger partial charge >= 0.3 is 6.18 Å². The molecule has 0 radical (unpaired) electrons. The van der Waals surface area contributed by atoms with Crippen LogP contribution in [-0.4, -0.2) is 11.7 Å². The van der Waals surface area contributed by atoms with Crippen molar-refractivity contribution in [2.45, 2.75) is 37.8 Å². The zero-order valence-electron chi connectivity index (χ0n) is 11.7. The summed E-state index contributed by atoms with van der Waals surface area (Å²) in [6.07, 6.45) is -2.56. The fraction of sp³-hybridized carbons (Fsp3) is 0.375. The normalized spacial score (nSPS) is 22.4. The summed E-state index contributed by atoms with van der Waals surface area (Å²) < 4.78 is 37.9. The van der Waals surface area contributed by atoms with Gasteiger partial charge in [-0.1, -0.05) is 12.1 Å². The van der Waals surface area contributed by atoms with E-state index in [1.807, 2.05) is 0 Å². The molecule has 0 saturated heterocycles. The van der Waals surface area contributed by atoms with Gasteiger partial charge < -0.3 is 5.32 Å². The van der Waals surface area contributed by atoms with Gasteiger partial charge in [0.15, 0.2) is 5.78 Å². The van der Waals surface area contributed by atoms with E-state index in [-0.39, 0.29) is 18.1 Å². The minimum atomic E-state index is -4.40. The maximum absolute atomic E-state index is 12.6. The molecule has 1 atom stereocenters. The molecule has 6 heteroatoms. The van der Waals surface area contributed by atoms with Gasteiger partial charge in [0, 0.05) is 30.0 Å². The zero-order valence-corrected chi connectivity index (χ0v) is 11.7. The highest BCUT2D eigenvalue weighted by Gasteiger charge is 2.35. The number of halogens is 3. The van der Waals surface area contributed by atoms with Crippen molar-refractivity contribution in [2.75, 3.05) is 0 Å². The SMILES string of the molecule is O=C1CC(c2ccc(C(F)(F)F)cc2)C2=C(CCCC2=O)N1. The molecule has 3 rings (SSSR count). The standard InChI is InChI=1S/C16H14F3NO2/c17-16(18,19)10-6-4-9(5-7-10)11-8-14(22)20-12-2-1-3-13(21)15(11)12/h4-7,11H,1-3,8H2,(H,20,22). The Balaban J connectivity index is 1.99. The molecule has 1 aliphatic heterocycles. The summed E-state index contributed by atoms with van der Waals surface area (Å²) in [6.45, 7) is 0. The maximum Gasteiger partial charge on any atom is 0.416 e. The summed E-state index contributed by atoms with van der Waals surface area (Å²) in [5.41, 5.74) is 1.04. The van der Waals surface area contributed by atoms with Gasteiger partial charge in [-0.15, -0.1) is 0 Å². The van der Waals surface area contributed by atoms with Gasteiger partial charge in [0.2, 0.25) is 5.91 Å². The number of allylic oxidation sites excluding steroid dienone is 2. The Labute approximate surface area is 125 Å². The summed E-state index contributed by atoms with van der Waals surface area (Å²) in [5.74, 6) is -0.664. The molecule has 0 aromatic heterocycles. The Morgan fingerprint density at radius 1 is 1.05 bits per heavy atom. The first-order valence-electron chi connectivity index (χ1n) is 7.09. The van der Waals surface area contributed by atoms with Gasteiger partial charge in [-0.2, -0.15) is 13.2 Å². The van der Waals surface area contributed by atoms with Crippen LogP contribution in [0.5, 0.6) is 0 Å². The number of carbonyl (C=O) groups excluding carboxylic acids is 2. The highest BCUT2D eigenvalue weighted by Crippen LogP contribution is 2.39. The van der Waals surface area contributed by atoms with Crippen molar-refractivity contribution in [3.63, 3.8) is 0 Å². The van der Waals surface area contributed by atoms with Gasteiger partial charge in [-0.25, -0.2) is 0 Å². The van der Waals surface area contributed by atoms with Crippen LogP contribution in [0.3, 0.4) is 0 Å². The van der Waals surface area contributed by atoms with Gasteiger partial charge in [0.05, 0.1) is 5.56 Å². The van der Waals surface area contributed by atoms with Crippen molar-refractivity contribution in [3.05, 3.63) is 46.7 Å². The molecule has 1 aromatic carbocycles. The van der Waals surface area contributed by atoms with Crippen LogP contribution in [0.1, 0.15) is 42.7 Å². The lowest BCUT2D eigenvalue weighted by Crippen LogP contribution is -2.36. The van der Waals surface area contributed by atoms with E-state index in [0.29, 0.717) is 36.1 Å². The monoisotopic (exact) mass is 309 g/mol. The van der Waals surface area contributed by atoms with Gasteiger partial charge in [-0.05, 0) is 30.5 Å². The second-order valence-electron chi connectivity index (χ2n) is 5.59. The molecule has 1 N–H and O–H groups in total. The lowest BCUT2D eigenvalue weighted by Gasteiger charge is -2.31. The number of nitrogens with one attached hydrogen (secondary N) is 1. The van der Waals surface area contributed by atoms with Crippen molar-refractivity contribution >= 4 is 11.7 Å². The third-order valence-corrected chi connectivity index (χ3v) is 4.12. The van der Waals surface area contributed by atoms with Crippen LogP contribution in [0.25, 0.3) is 0 Å². The summed E-state index contributed by atoms with van der Waals surface area (Å²) in [6, 6.07) is 4.71. The summed E-state index contributed by atoms with van der Waals surface area (Å²) in [7, 11) is 0. The Morgan fingerprint density at radius 3 is 2.36 bits per heavy atom. The number of alkyl halides is 3. The highest BCUT2D eigenvalue weighted by molar-refractivity contribution is 6.01.